The van der Waals surface area contributed by atoms with E-state index in [1.165, 1.54) is 49.3 Å². The Morgan fingerprint density at radius 3 is 1.78 bits per heavy atom. The largest absolute Gasteiger partial charge is 0.456 e. The Morgan fingerprint density at radius 1 is 0.364 bits per heavy atom. The minimum Gasteiger partial charge on any atom is -0.456 e. The van der Waals surface area contributed by atoms with Gasteiger partial charge < -0.3 is 13.9 Å². The summed E-state index contributed by atoms with van der Waals surface area (Å²) in [4.78, 5) is 2.34. The summed E-state index contributed by atoms with van der Waals surface area (Å²) in [7, 11) is 0. The molecule has 0 spiro atoms. The van der Waals surface area contributed by atoms with Gasteiger partial charge in [-0.15, -0.1) is 0 Å². The summed E-state index contributed by atoms with van der Waals surface area (Å²) in [5.74, 6) is 0. The number of aromatic nitrogens is 1. The minimum atomic E-state index is 0.884. The van der Waals surface area contributed by atoms with Crippen LogP contribution in [0.3, 0.4) is 0 Å². The molecule has 2 heterocycles. The van der Waals surface area contributed by atoms with Crippen molar-refractivity contribution in [3.05, 3.63) is 206 Å². The number of hydrogen-bond acceptors (Lipinski definition) is 2. The van der Waals surface area contributed by atoms with Gasteiger partial charge in [0.05, 0.1) is 16.7 Å². The number of rotatable bonds is 6. The van der Waals surface area contributed by atoms with Crippen molar-refractivity contribution in [1.29, 1.82) is 0 Å². The van der Waals surface area contributed by atoms with Crippen LogP contribution in [0.4, 0.5) is 17.1 Å². The molecule has 2 aromatic heterocycles. The van der Waals surface area contributed by atoms with Gasteiger partial charge in [-0.2, -0.15) is 0 Å². The van der Waals surface area contributed by atoms with Crippen LogP contribution < -0.4 is 4.90 Å². The first kappa shape index (κ1) is 31.2. The molecule has 0 atom stereocenters. The molecule has 3 nitrogen and oxygen atoms in total. The average molecular weight is 703 g/mol. The van der Waals surface area contributed by atoms with E-state index in [-0.39, 0.29) is 0 Å². The molecule has 0 amide bonds. The summed E-state index contributed by atoms with van der Waals surface area (Å²) in [6, 6.07) is 73.9. The second-order valence-corrected chi connectivity index (χ2v) is 14.1. The second kappa shape index (κ2) is 12.6. The second-order valence-electron chi connectivity index (χ2n) is 14.1. The van der Waals surface area contributed by atoms with E-state index in [1.54, 1.807) is 0 Å². The molecular formula is C52H34N2O. The van der Waals surface area contributed by atoms with Gasteiger partial charge in [-0.1, -0.05) is 140 Å². The van der Waals surface area contributed by atoms with Gasteiger partial charge in [0, 0.05) is 44.2 Å². The van der Waals surface area contributed by atoms with Crippen LogP contribution in [0.5, 0.6) is 0 Å². The summed E-state index contributed by atoms with van der Waals surface area (Å²) < 4.78 is 8.66. The molecule has 0 aliphatic carbocycles. The first-order valence-electron chi connectivity index (χ1n) is 18.8. The number of furan rings is 1. The summed E-state index contributed by atoms with van der Waals surface area (Å²) in [5.41, 5.74) is 13.3. The molecule has 0 fully saturated rings. The Labute approximate surface area is 318 Å². The first-order chi connectivity index (χ1) is 27.3. The van der Waals surface area contributed by atoms with E-state index in [0.717, 1.165) is 50.3 Å². The Balaban J connectivity index is 1.05. The number of hydrogen-bond donors (Lipinski definition) is 0. The van der Waals surface area contributed by atoms with Gasteiger partial charge in [0.25, 0.3) is 0 Å². The van der Waals surface area contributed by atoms with Gasteiger partial charge >= 0.3 is 0 Å². The smallest absolute Gasteiger partial charge is 0.135 e. The molecule has 0 saturated heterocycles. The van der Waals surface area contributed by atoms with Crippen LogP contribution in [0.25, 0.3) is 82.5 Å². The van der Waals surface area contributed by atoms with Crippen LogP contribution in [0, 0.1) is 0 Å². The zero-order valence-corrected chi connectivity index (χ0v) is 29.9. The number of para-hydroxylation sites is 3. The minimum absolute atomic E-state index is 0.884. The van der Waals surface area contributed by atoms with Gasteiger partial charge in [-0.05, 0) is 94.2 Å². The van der Waals surface area contributed by atoms with Crippen molar-refractivity contribution >= 4 is 71.6 Å². The van der Waals surface area contributed by atoms with E-state index >= 15 is 0 Å². The summed E-state index contributed by atoms with van der Waals surface area (Å²) in [5, 5.41) is 7.29. The highest BCUT2D eigenvalue weighted by atomic mass is 16.3. The van der Waals surface area contributed by atoms with Crippen LogP contribution >= 0.6 is 0 Å². The fourth-order valence-electron chi connectivity index (χ4n) is 8.44. The van der Waals surface area contributed by atoms with E-state index in [0.29, 0.717) is 0 Å². The van der Waals surface area contributed by atoms with Crippen molar-refractivity contribution in [1.82, 2.24) is 4.57 Å². The molecule has 0 aliphatic heterocycles. The standard InChI is InChI=1S/C52H34N2O/c1-2-12-35(13-3-1)36-22-27-39(28-23-36)53(41-31-33-51-46(34-41)44-17-8-11-21-50(44)55-51)40-29-24-38(25-30-40)42-15-6-9-19-47(42)54-48-20-10-7-18-45(48)52-43-16-5-4-14-37(43)26-32-49(52)54/h1-34H. The zero-order chi connectivity index (χ0) is 36.3. The van der Waals surface area contributed by atoms with Crippen LogP contribution in [0.2, 0.25) is 0 Å². The summed E-state index contributed by atoms with van der Waals surface area (Å²) in [6.07, 6.45) is 0. The fourth-order valence-corrected chi connectivity index (χ4v) is 8.44. The van der Waals surface area contributed by atoms with Crippen LogP contribution in [0.1, 0.15) is 0 Å². The van der Waals surface area contributed by atoms with Crippen LogP contribution in [0.15, 0.2) is 211 Å². The number of anilines is 3. The Bertz CT molecular complexity index is 3190. The van der Waals surface area contributed by atoms with Crippen LogP contribution in [-0.4, -0.2) is 4.57 Å². The van der Waals surface area contributed by atoms with Gasteiger partial charge in [0.2, 0.25) is 0 Å². The molecule has 0 bridgehead atoms. The molecule has 3 heteroatoms. The normalized spacial score (nSPS) is 11.6. The number of nitrogens with zero attached hydrogens (tertiary/aromatic N) is 2. The molecule has 0 aliphatic rings. The predicted molar refractivity (Wildman–Crippen MR) is 231 cm³/mol. The first-order valence-corrected chi connectivity index (χ1v) is 18.8. The van der Waals surface area contributed by atoms with Crippen molar-refractivity contribution in [3.63, 3.8) is 0 Å². The van der Waals surface area contributed by atoms with E-state index in [1.807, 2.05) is 12.1 Å². The van der Waals surface area contributed by atoms with Crippen molar-refractivity contribution in [2.24, 2.45) is 0 Å². The molecule has 0 unspecified atom stereocenters. The van der Waals surface area contributed by atoms with Gasteiger partial charge in [-0.3, -0.25) is 0 Å². The Kier molecular flexibility index (Phi) is 7.17. The topological polar surface area (TPSA) is 21.3 Å². The highest BCUT2D eigenvalue weighted by Gasteiger charge is 2.19. The zero-order valence-electron chi connectivity index (χ0n) is 29.9. The highest BCUT2D eigenvalue weighted by molar-refractivity contribution is 6.21. The van der Waals surface area contributed by atoms with E-state index in [4.69, 9.17) is 4.42 Å². The van der Waals surface area contributed by atoms with E-state index in [9.17, 15) is 0 Å². The van der Waals surface area contributed by atoms with Crippen molar-refractivity contribution in [3.8, 4) is 27.9 Å². The highest BCUT2D eigenvalue weighted by Crippen LogP contribution is 2.42. The predicted octanol–water partition coefficient (Wildman–Crippen LogP) is 14.6. The molecule has 258 valence electrons. The third-order valence-corrected chi connectivity index (χ3v) is 11.0. The van der Waals surface area contributed by atoms with Gasteiger partial charge in [0.1, 0.15) is 11.2 Å². The summed E-state index contributed by atoms with van der Waals surface area (Å²) >= 11 is 0. The van der Waals surface area contributed by atoms with E-state index < -0.39 is 0 Å². The van der Waals surface area contributed by atoms with Crippen LogP contribution in [-0.2, 0) is 0 Å². The lowest BCUT2D eigenvalue weighted by atomic mass is 10.0. The maximum absolute atomic E-state index is 6.22. The Hall–Kier alpha value is -7.36. The lowest BCUT2D eigenvalue weighted by Gasteiger charge is -2.26. The lowest BCUT2D eigenvalue weighted by Crippen LogP contribution is -2.09. The summed E-state index contributed by atoms with van der Waals surface area (Å²) in [6.45, 7) is 0. The van der Waals surface area contributed by atoms with Gasteiger partial charge in [-0.25, -0.2) is 0 Å². The van der Waals surface area contributed by atoms with Gasteiger partial charge in [0.15, 0.2) is 0 Å². The lowest BCUT2D eigenvalue weighted by molar-refractivity contribution is 0.669. The third-order valence-electron chi connectivity index (χ3n) is 11.0. The molecule has 11 rings (SSSR count). The number of benzene rings is 9. The third kappa shape index (κ3) is 5.13. The average Bonchev–Trinajstić information content (AvgIpc) is 3.80. The van der Waals surface area contributed by atoms with Crippen molar-refractivity contribution in [2.75, 3.05) is 4.90 Å². The maximum atomic E-state index is 6.22. The fraction of sp³-hybridized carbons (Fsp3) is 0. The molecule has 9 aromatic carbocycles. The Morgan fingerprint density at radius 2 is 0.964 bits per heavy atom. The molecule has 0 saturated carbocycles. The quantitative estimate of drug-likeness (QED) is 0.172. The molecule has 11 aromatic rings. The molecular weight excluding hydrogens is 669 g/mol. The molecule has 55 heavy (non-hydrogen) atoms. The van der Waals surface area contributed by atoms with E-state index in [2.05, 4.69) is 204 Å². The maximum Gasteiger partial charge on any atom is 0.135 e. The number of fused-ring (bicyclic) bond motifs is 8. The molecule has 0 N–H and O–H groups in total. The molecule has 0 radical (unpaired) electrons. The monoisotopic (exact) mass is 702 g/mol. The van der Waals surface area contributed by atoms with Crippen molar-refractivity contribution < 1.29 is 4.42 Å². The SMILES string of the molecule is c1ccc(-c2ccc(N(c3ccc(-c4ccccc4-n4c5ccccc5c5c6ccccc6ccc54)cc3)c3ccc4oc5ccccc5c4c3)cc2)cc1. The van der Waals surface area contributed by atoms with Crippen molar-refractivity contribution in [2.45, 2.75) is 0 Å².